The van der Waals surface area contributed by atoms with E-state index in [1.807, 2.05) is 18.2 Å². The van der Waals surface area contributed by atoms with E-state index in [4.69, 9.17) is 18.6 Å². The van der Waals surface area contributed by atoms with Gasteiger partial charge in [-0.1, -0.05) is 0 Å². The molecule has 160 valence electrons. The third-order valence-corrected chi connectivity index (χ3v) is 5.30. The van der Waals surface area contributed by atoms with Crippen LogP contribution in [-0.2, 0) is 17.9 Å². The maximum absolute atomic E-state index is 10.2. The number of ether oxygens (including phenoxy) is 3. The molecule has 1 atom stereocenters. The van der Waals surface area contributed by atoms with Crippen molar-refractivity contribution in [1.29, 1.82) is 0 Å². The standard InChI is InChI=1S/C22H32N2O5/c1-17-11-21(26-2)22(27-3)12-18(17)13-23-6-8-24(9-7-23)14-19(25)15-28-16-20-5-4-10-29-20/h4-5,10-12,19,25H,6-9,13-16H2,1-3H3/t19-/m0/s1. The molecule has 1 aliphatic rings. The smallest absolute Gasteiger partial charge is 0.161 e. The van der Waals surface area contributed by atoms with Gasteiger partial charge < -0.3 is 23.7 Å². The lowest BCUT2D eigenvalue weighted by Gasteiger charge is -2.35. The summed E-state index contributed by atoms with van der Waals surface area (Å²) in [5.41, 5.74) is 2.46. The first-order valence-electron chi connectivity index (χ1n) is 10.0. The van der Waals surface area contributed by atoms with Gasteiger partial charge in [0.1, 0.15) is 12.4 Å². The Morgan fingerprint density at radius 3 is 2.41 bits per heavy atom. The summed E-state index contributed by atoms with van der Waals surface area (Å²) in [6, 6.07) is 7.80. The summed E-state index contributed by atoms with van der Waals surface area (Å²) >= 11 is 0. The highest BCUT2D eigenvalue weighted by Gasteiger charge is 2.20. The van der Waals surface area contributed by atoms with Crippen LogP contribution in [0.1, 0.15) is 16.9 Å². The predicted octanol–water partition coefficient (Wildman–Crippen LogP) is 2.30. The molecular formula is C22H32N2O5. The van der Waals surface area contributed by atoms with Gasteiger partial charge in [-0.05, 0) is 42.3 Å². The van der Waals surface area contributed by atoms with Gasteiger partial charge in [-0.15, -0.1) is 0 Å². The van der Waals surface area contributed by atoms with Crippen molar-refractivity contribution in [2.75, 3.05) is 53.6 Å². The number of furan rings is 1. The SMILES string of the molecule is COc1cc(C)c(CN2CCN(C[C@H](O)COCc3ccco3)CC2)cc1OC. The van der Waals surface area contributed by atoms with Crippen LogP contribution in [0.25, 0.3) is 0 Å². The third-order valence-electron chi connectivity index (χ3n) is 5.30. The molecular weight excluding hydrogens is 372 g/mol. The Morgan fingerprint density at radius 2 is 1.76 bits per heavy atom. The molecule has 2 aromatic rings. The molecule has 0 radical (unpaired) electrons. The number of hydrogen-bond acceptors (Lipinski definition) is 7. The number of methoxy groups -OCH3 is 2. The van der Waals surface area contributed by atoms with Crippen LogP contribution in [0.5, 0.6) is 11.5 Å². The van der Waals surface area contributed by atoms with E-state index in [-0.39, 0.29) is 0 Å². The van der Waals surface area contributed by atoms with E-state index in [1.54, 1.807) is 20.5 Å². The largest absolute Gasteiger partial charge is 0.493 e. The third kappa shape index (κ3) is 6.21. The maximum Gasteiger partial charge on any atom is 0.161 e. The van der Waals surface area contributed by atoms with Gasteiger partial charge in [0.25, 0.3) is 0 Å². The van der Waals surface area contributed by atoms with Crippen LogP contribution in [0.2, 0.25) is 0 Å². The fourth-order valence-electron chi connectivity index (χ4n) is 3.60. The maximum atomic E-state index is 10.2. The molecule has 0 unspecified atom stereocenters. The molecule has 1 aromatic carbocycles. The van der Waals surface area contributed by atoms with Crippen LogP contribution in [0.4, 0.5) is 0 Å². The van der Waals surface area contributed by atoms with Crippen molar-refractivity contribution in [3.8, 4) is 11.5 Å². The fourth-order valence-corrected chi connectivity index (χ4v) is 3.60. The first kappa shape index (κ1) is 21.6. The first-order valence-corrected chi connectivity index (χ1v) is 10.0. The molecule has 2 heterocycles. The zero-order chi connectivity index (χ0) is 20.6. The van der Waals surface area contributed by atoms with Crippen molar-refractivity contribution in [3.05, 3.63) is 47.4 Å². The number of benzene rings is 1. The Bertz CT molecular complexity index is 742. The van der Waals surface area contributed by atoms with E-state index in [0.29, 0.717) is 19.8 Å². The Kier molecular flexibility index (Phi) is 7.94. The number of piperazine rings is 1. The van der Waals surface area contributed by atoms with E-state index in [9.17, 15) is 5.11 Å². The molecule has 3 rings (SSSR count). The number of nitrogens with zero attached hydrogens (tertiary/aromatic N) is 2. The monoisotopic (exact) mass is 404 g/mol. The molecule has 1 aromatic heterocycles. The van der Waals surface area contributed by atoms with E-state index in [1.165, 1.54) is 11.1 Å². The minimum atomic E-state index is -0.496. The lowest BCUT2D eigenvalue weighted by molar-refractivity contribution is -0.00309. The van der Waals surface area contributed by atoms with Crippen LogP contribution >= 0.6 is 0 Å². The number of aliphatic hydroxyl groups excluding tert-OH is 1. The molecule has 29 heavy (non-hydrogen) atoms. The Hall–Kier alpha value is -2.06. The van der Waals surface area contributed by atoms with Crippen LogP contribution in [0, 0.1) is 6.92 Å². The molecule has 1 aliphatic heterocycles. The summed E-state index contributed by atoms with van der Waals surface area (Å²) in [6.45, 7) is 8.11. The lowest BCUT2D eigenvalue weighted by Crippen LogP contribution is -2.48. The molecule has 7 heteroatoms. The van der Waals surface area contributed by atoms with Gasteiger partial charge in [0.2, 0.25) is 0 Å². The molecule has 0 amide bonds. The lowest BCUT2D eigenvalue weighted by atomic mass is 10.1. The molecule has 0 saturated carbocycles. The zero-order valence-electron chi connectivity index (χ0n) is 17.6. The Morgan fingerprint density at radius 1 is 1.07 bits per heavy atom. The fraction of sp³-hybridized carbons (Fsp3) is 0.545. The second-order valence-electron chi connectivity index (χ2n) is 7.46. The average molecular weight is 405 g/mol. The molecule has 0 spiro atoms. The second-order valence-corrected chi connectivity index (χ2v) is 7.46. The van der Waals surface area contributed by atoms with Crippen LogP contribution in [-0.4, -0.2) is 74.6 Å². The minimum Gasteiger partial charge on any atom is -0.493 e. The molecule has 1 fully saturated rings. The van der Waals surface area contributed by atoms with E-state index < -0.39 is 6.10 Å². The van der Waals surface area contributed by atoms with Gasteiger partial charge in [-0.25, -0.2) is 0 Å². The molecule has 0 bridgehead atoms. The van der Waals surface area contributed by atoms with E-state index >= 15 is 0 Å². The first-order chi connectivity index (χ1) is 14.1. The summed E-state index contributed by atoms with van der Waals surface area (Å²) in [6.07, 6.45) is 1.13. The highest BCUT2D eigenvalue weighted by Crippen LogP contribution is 2.31. The highest BCUT2D eigenvalue weighted by atomic mass is 16.5. The average Bonchev–Trinajstić information content (AvgIpc) is 3.24. The number of β-amino-alcohol motifs (C(OH)–C–C–N with tert-alkyl or cyclic N) is 1. The molecule has 1 N–H and O–H groups in total. The topological polar surface area (TPSA) is 67.5 Å². The van der Waals surface area contributed by atoms with Crippen molar-refractivity contribution >= 4 is 0 Å². The summed E-state index contributed by atoms with van der Waals surface area (Å²) in [7, 11) is 3.33. The minimum absolute atomic E-state index is 0.311. The van der Waals surface area contributed by atoms with Gasteiger partial charge in [0.15, 0.2) is 11.5 Å². The quantitative estimate of drug-likeness (QED) is 0.652. The summed E-state index contributed by atoms with van der Waals surface area (Å²) in [5.74, 6) is 2.31. The molecule has 0 aliphatic carbocycles. The van der Waals surface area contributed by atoms with Crippen LogP contribution in [0.3, 0.4) is 0 Å². The summed E-state index contributed by atoms with van der Waals surface area (Å²) in [4.78, 5) is 4.73. The van der Waals surface area contributed by atoms with Crippen molar-refractivity contribution in [2.24, 2.45) is 0 Å². The van der Waals surface area contributed by atoms with Gasteiger partial charge in [-0.2, -0.15) is 0 Å². The van der Waals surface area contributed by atoms with Gasteiger partial charge >= 0.3 is 0 Å². The summed E-state index contributed by atoms with van der Waals surface area (Å²) < 4.78 is 21.6. The Balaban J connectivity index is 1.41. The molecule has 7 nitrogen and oxygen atoms in total. The predicted molar refractivity (Wildman–Crippen MR) is 110 cm³/mol. The number of aryl methyl sites for hydroxylation is 1. The van der Waals surface area contributed by atoms with Gasteiger partial charge in [-0.3, -0.25) is 9.80 Å². The van der Waals surface area contributed by atoms with Crippen molar-refractivity contribution in [2.45, 2.75) is 26.2 Å². The normalized spacial score (nSPS) is 16.7. The number of aliphatic hydroxyl groups is 1. The van der Waals surface area contributed by atoms with Crippen LogP contribution in [0.15, 0.2) is 34.9 Å². The van der Waals surface area contributed by atoms with Crippen molar-refractivity contribution in [3.63, 3.8) is 0 Å². The van der Waals surface area contributed by atoms with E-state index in [2.05, 4.69) is 22.8 Å². The highest BCUT2D eigenvalue weighted by molar-refractivity contribution is 5.47. The Labute approximate surface area is 172 Å². The second kappa shape index (κ2) is 10.6. The molecule has 1 saturated heterocycles. The number of hydrogen-bond donors (Lipinski definition) is 1. The zero-order valence-corrected chi connectivity index (χ0v) is 17.6. The van der Waals surface area contributed by atoms with Crippen LogP contribution < -0.4 is 9.47 Å². The van der Waals surface area contributed by atoms with Crippen molar-refractivity contribution in [1.82, 2.24) is 9.80 Å². The van der Waals surface area contributed by atoms with E-state index in [0.717, 1.165) is 50.0 Å². The van der Waals surface area contributed by atoms with Gasteiger partial charge in [0.05, 0.1) is 33.2 Å². The van der Waals surface area contributed by atoms with Gasteiger partial charge in [0, 0.05) is 39.3 Å². The number of rotatable bonds is 10. The summed E-state index contributed by atoms with van der Waals surface area (Å²) in [5, 5.41) is 10.2. The van der Waals surface area contributed by atoms with Crippen molar-refractivity contribution < 1.29 is 23.7 Å².